The zero-order chi connectivity index (χ0) is 12.8. The van der Waals surface area contributed by atoms with E-state index in [0.29, 0.717) is 12.3 Å². The number of nitrogens with one attached hydrogen (secondary N) is 1. The summed E-state index contributed by atoms with van der Waals surface area (Å²) < 4.78 is 1.18. The van der Waals surface area contributed by atoms with E-state index in [2.05, 4.69) is 10.3 Å². The van der Waals surface area contributed by atoms with Crippen molar-refractivity contribution in [3.05, 3.63) is 33.6 Å². The zero-order valence-corrected chi connectivity index (χ0v) is 12.5. The predicted octanol–water partition coefficient (Wildman–Crippen LogP) is 2.96. The number of amides is 1. The fraction of sp³-hybridized carbons (Fsp3) is 0.333. The van der Waals surface area contributed by atoms with E-state index in [9.17, 15) is 4.79 Å². The molecule has 2 heterocycles. The Hall–Kier alpha value is -0.850. The number of aromatic nitrogens is 1. The Labute approximate surface area is 119 Å². The lowest BCUT2D eigenvalue weighted by atomic mass is 10.3. The van der Waals surface area contributed by atoms with Crippen molar-refractivity contribution in [3.63, 3.8) is 0 Å². The second-order valence-corrected chi connectivity index (χ2v) is 6.96. The van der Waals surface area contributed by atoms with E-state index in [1.165, 1.54) is 4.21 Å². The van der Waals surface area contributed by atoms with Crippen molar-refractivity contribution < 1.29 is 4.79 Å². The maximum atomic E-state index is 11.6. The maximum absolute atomic E-state index is 11.6. The monoisotopic (exact) mass is 298 g/mol. The molecule has 1 amide bonds. The van der Waals surface area contributed by atoms with Gasteiger partial charge in [-0.3, -0.25) is 4.79 Å². The molecule has 6 heteroatoms. The third-order valence-corrected chi connectivity index (χ3v) is 5.16. The molecule has 2 rings (SSSR count). The lowest BCUT2D eigenvalue weighted by Crippen LogP contribution is -2.27. The SMILES string of the molecule is Cc1nc(CCNC(=O)CSc2cccs2)cs1. The van der Waals surface area contributed by atoms with Gasteiger partial charge in [-0.2, -0.15) is 0 Å². The van der Waals surface area contributed by atoms with Gasteiger partial charge in [-0.15, -0.1) is 34.4 Å². The Morgan fingerprint density at radius 1 is 1.50 bits per heavy atom. The average molecular weight is 298 g/mol. The minimum absolute atomic E-state index is 0.0837. The molecule has 0 saturated carbocycles. The van der Waals surface area contributed by atoms with Crippen LogP contribution in [0.15, 0.2) is 27.1 Å². The van der Waals surface area contributed by atoms with E-state index >= 15 is 0 Å². The Morgan fingerprint density at radius 3 is 3.06 bits per heavy atom. The van der Waals surface area contributed by atoms with Gasteiger partial charge in [-0.1, -0.05) is 6.07 Å². The minimum atomic E-state index is 0.0837. The van der Waals surface area contributed by atoms with Gasteiger partial charge in [-0.25, -0.2) is 4.98 Å². The van der Waals surface area contributed by atoms with Crippen LogP contribution in [0.1, 0.15) is 10.7 Å². The van der Waals surface area contributed by atoms with E-state index < -0.39 is 0 Å². The highest BCUT2D eigenvalue weighted by Crippen LogP contribution is 2.22. The van der Waals surface area contributed by atoms with Crippen molar-refractivity contribution in [2.45, 2.75) is 17.6 Å². The molecule has 0 aliphatic carbocycles. The van der Waals surface area contributed by atoms with Gasteiger partial charge >= 0.3 is 0 Å². The third-order valence-electron chi connectivity index (χ3n) is 2.21. The molecule has 96 valence electrons. The van der Waals surface area contributed by atoms with Gasteiger partial charge in [0.25, 0.3) is 0 Å². The van der Waals surface area contributed by atoms with Gasteiger partial charge in [0.1, 0.15) is 0 Å². The van der Waals surface area contributed by atoms with Crippen LogP contribution >= 0.6 is 34.4 Å². The topological polar surface area (TPSA) is 42.0 Å². The van der Waals surface area contributed by atoms with Gasteiger partial charge in [-0.05, 0) is 18.4 Å². The van der Waals surface area contributed by atoms with Crippen LogP contribution in [0.4, 0.5) is 0 Å². The molecule has 0 atom stereocenters. The van der Waals surface area contributed by atoms with Gasteiger partial charge in [0, 0.05) is 18.3 Å². The van der Waals surface area contributed by atoms with E-state index in [1.807, 2.05) is 29.8 Å². The van der Waals surface area contributed by atoms with Crippen molar-refractivity contribution >= 4 is 40.3 Å². The number of carbonyl (C=O) groups is 1. The lowest BCUT2D eigenvalue weighted by Gasteiger charge is -2.02. The molecule has 0 fully saturated rings. The summed E-state index contributed by atoms with van der Waals surface area (Å²) in [5.74, 6) is 0.566. The van der Waals surface area contributed by atoms with E-state index in [0.717, 1.165) is 17.1 Å². The van der Waals surface area contributed by atoms with Gasteiger partial charge in [0.15, 0.2) is 0 Å². The quantitative estimate of drug-likeness (QED) is 0.834. The molecular formula is C12H14N2OS3. The number of rotatable bonds is 6. The highest BCUT2D eigenvalue weighted by molar-refractivity contribution is 8.01. The largest absolute Gasteiger partial charge is 0.355 e. The van der Waals surface area contributed by atoms with Crippen molar-refractivity contribution in [2.75, 3.05) is 12.3 Å². The summed E-state index contributed by atoms with van der Waals surface area (Å²) in [5.41, 5.74) is 1.06. The van der Waals surface area contributed by atoms with E-state index in [1.54, 1.807) is 34.4 Å². The molecule has 0 saturated heterocycles. The minimum Gasteiger partial charge on any atom is -0.355 e. The average Bonchev–Trinajstić information content (AvgIpc) is 2.98. The molecule has 0 radical (unpaired) electrons. The number of thiophene rings is 1. The summed E-state index contributed by atoms with van der Waals surface area (Å²) in [6, 6.07) is 4.02. The Balaban J connectivity index is 1.63. The van der Waals surface area contributed by atoms with Crippen molar-refractivity contribution in [3.8, 4) is 0 Å². The molecule has 1 N–H and O–H groups in total. The Bertz CT molecular complexity index is 493. The summed E-state index contributed by atoms with van der Waals surface area (Å²) >= 11 is 4.89. The van der Waals surface area contributed by atoms with Crippen LogP contribution in [-0.2, 0) is 11.2 Å². The van der Waals surface area contributed by atoms with Crippen molar-refractivity contribution in [1.29, 1.82) is 0 Å². The number of thiazole rings is 1. The van der Waals surface area contributed by atoms with Gasteiger partial charge < -0.3 is 5.32 Å². The molecule has 18 heavy (non-hydrogen) atoms. The molecule has 0 aliphatic heterocycles. The fourth-order valence-corrected chi connectivity index (χ4v) is 3.65. The zero-order valence-electron chi connectivity index (χ0n) is 10.0. The van der Waals surface area contributed by atoms with Crippen LogP contribution in [0, 0.1) is 6.92 Å². The fourth-order valence-electron chi connectivity index (χ4n) is 1.39. The second kappa shape index (κ2) is 6.92. The van der Waals surface area contributed by atoms with Gasteiger partial charge in [0.2, 0.25) is 5.91 Å². The molecule has 0 unspecified atom stereocenters. The van der Waals surface area contributed by atoms with E-state index in [-0.39, 0.29) is 5.91 Å². The number of hydrogen-bond acceptors (Lipinski definition) is 5. The first-order valence-electron chi connectivity index (χ1n) is 5.58. The standard InChI is InChI=1S/C12H14N2OS3/c1-9-14-10(7-17-9)4-5-13-11(15)8-18-12-3-2-6-16-12/h2-3,6-7H,4-5,8H2,1H3,(H,13,15). The summed E-state index contributed by atoms with van der Waals surface area (Å²) in [5, 5.41) is 8.05. The molecule has 0 aromatic carbocycles. The first-order chi connectivity index (χ1) is 8.74. The van der Waals surface area contributed by atoms with Crippen LogP contribution in [0.2, 0.25) is 0 Å². The number of carbonyl (C=O) groups excluding carboxylic acids is 1. The molecule has 3 nitrogen and oxygen atoms in total. The van der Waals surface area contributed by atoms with Crippen LogP contribution in [-0.4, -0.2) is 23.2 Å². The first-order valence-corrected chi connectivity index (χ1v) is 8.32. The summed E-state index contributed by atoms with van der Waals surface area (Å²) in [6.45, 7) is 2.65. The summed E-state index contributed by atoms with van der Waals surface area (Å²) in [6.07, 6.45) is 0.805. The van der Waals surface area contributed by atoms with E-state index in [4.69, 9.17) is 0 Å². The number of aryl methyl sites for hydroxylation is 1. The number of hydrogen-bond donors (Lipinski definition) is 1. The molecule has 2 aromatic heterocycles. The maximum Gasteiger partial charge on any atom is 0.230 e. The van der Waals surface area contributed by atoms with Crippen LogP contribution < -0.4 is 5.32 Å². The van der Waals surface area contributed by atoms with Crippen LogP contribution in [0.25, 0.3) is 0 Å². The molecule has 0 spiro atoms. The molecule has 0 aliphatic rings. The lowest BCUT2D eigenvalue weighted by molar-refractivity contribution is -0.118. The molecule has 0 bridgehead atoms. The van der Waals surface area contributed by atoms with Crippen LogP contribution in [0.3, 0.4) is 0 Å². The Kier molecular flexibility index (Phi) is 5.22. The Morgan fingerprint density at radius 2 is 2.39 bits per heavy atom. The van der Waals surface area contributed by atoms with Crippen molar-refractivity contribution in [1.82, 2.24) is 10.3 Å². The normalized spacial score (nSPS) is 10.5. The second-order valence-electron chi connectivity index (χ2n) is 3.68. The molecular weight excluding hydrogens is 284 g/mol. The third kappa shape index (κ3) is 4.44. The summed E-state index contributed by atoms with van der Waals surface area (Å²) in [7, 11) is 0. The highest BCUT2D eigenvalue weighted by Gasteiger charge is 2.04. The first kappa shape index (κ1) is 13.6. The van der Waals surface area contributed by atoms with Crippen LogP contribution in [0.5, 0.6) is 0 Å². The molecule has 2 aromatic rings. The predicted molar refractivity (Wildman–Crippen MR) is 78.6 cm³/mol. The highest BCUT2D eigenvalue weighted by atomic mass is 32.2. The number of nitrogens with zero attached hydrogens (tertiary/aromatic N) is 1. The summed E-state index contributed by atoms with van der Waals surface area (Å²) in [4.78, 5) is 15.9. The van der Waals surface area contributed by atoms with Crippen molar-refractivity contribution in [2.24, 2.45) is 0 Å². The van der Waals surface area contributed by atoms with Gasteiger partial charge in [0.05, 0.1) is 20.7 Å². The smallest absolute Gasteiger partial charge is 0.230 e. The number of thioether (sulfide) groups is 1.